The van der Waals surface area contributed by atoms with Gasteiger partial charge in [-0.05, 0) is 60.7 Å². The fourth-order valence-corrected chi connectivity index (χ4v) is 3.87. The number of aryl methyl sites for hydroxylation is 3. The second-order valence-corrected chi connectivity index (χ2v) is 7.27. The predicted molar refractivity (Wildman–Crippen MR) is 112 cm³/mol. The van der Waals surface area contributed by atoms with Crippen LogP contribution < -0.4 is 5.73 Å². The summed E-state index contributed by atoms with van der Waals surface area (Å²) in [5.74, 6) is -0.384. The molecule has 0 radical (unpaired) electrons. The fraction of sp³-hybridized carbons (Fsp3) is 0.208. The minimum atomic E-state index is -0.384. The smallest absolute Gasteiger partial charge is 0.249 e. The van der Waals surface area contributed by atoms with Crippen molar-refractivity contribution in [3.63, 3.8) is 0 Å². The Bertz CT molecular complexity index is 1180. The summed E-state index contributed by atoms with van der Waals surface area (Å²) in [5, 5.41) is 2.03. The average molecular weight is 356 g/mol. The van der Waals surface area contributed by atoms with Crippen LogP contribution in [0.4, 0.5) is 0 Å². The number of carbonyl (C=O) groups is 1. The summed E-state index contributed by atoms with van der Waals surface area (Å²) in [5.41, 5.74) is 13.6. The number of primary amides is 1. The van der Waals surface area contributed by atoms with E-state index in [9.17, 15) is 4.79 Å². The molecule has 2 N–H and O–H groups in total. The SMILES string of the molecule is CCc1ccc2c3c(C(N)=O)cccc3n(Cc3ccc(C)c(C)c3)c2c1. The van der Waals surface area contributed by atoms with Crippen molar-refractivity contribution >= 4 is 27.7 Å². The second-order valence-electron chi connectivity index (χ2n) is 7.27. The lowest BCUT2D eigenvalue weighted by Gasteiger charge is -2.10. The molecule has 0 unspecified atom stereocenters. The summed E-state index contributed by atoms with van der Waals surface area (Å²) in [4.78, 5) is 12.0. The number of aromatic nitrogens is 1. The molecule has 3 heteroatoms. The van der Waals surface area contributed by atoms with Gasteiger partial charge in [0.15, 0.2) is 0 Å². The van der Waals surface area contributed by atoms with E-state index in [0.29, 0.717) is 5.56 Å². The van der Waals surface area contributed by atoms with E-state index in [1.807, 2.05) is 12.1 Å². The summed E-state index contributed by atoms with van der Waals surface area (Å²) in [6.45, 7) is 7.19. The van der Waals surface area contributed by atoms with Crippen molar-refractivity contribution in [3.8, 4) is 0 Å². The van der Waals surface area contributed by atoms with Gasteiger partial charge in [-0.1, -0.05) is 43.3 Å². The first-order valence-corrected chi connectivity index (χ1v) is 9.39. The zero-order valence-electron chi connectivity index (χ0n) is 16.0. The topological polar surface area (TPSA) is 48.0 Å². The van der Waals surface area contributed by atoms with E-state index in [0.717, 1.165) is 34.8 Å². The first-order chi connectivity index (χ1) is 13.0. The Morgan fingerprint density at radius 2 is 1.70 bits per heavy atom. The third kappa shape index (κ3) is 2.89. The van der Waals surface area contributed by atoms with Gasteiger partial charge in [-0.3, -0.25) is 4.79 Å². The lowest BCUT2D eigenvalue weighted by atomic mass is 10.0. The van der Waals surface area contributed by atoms with E-state index in [1.165, 1.54) is 22.3 Å². The molecule has 0 aliphatic heterocycles. The molecule has 0 fully saturated rings. The molecular weight excluding hydrogens is 332 g/mol. The molecule has 0 atom stereocenters. The van der Waals surface area contributed by atoms with Gasteiger partial charge in [-0.2, -0.15) is 0 Å². The Balaban J connectivity index is 2.02. The number of nitrogens with two attached hydrogens (primary N) is 1. The number of benzene rings is 3. The van der Waals surface area contributed by atoms with Gasteiger partial charge < -0.3 is 10.3 Å². The van der Waals surface area contributed by atoms with Crippen LogP contribution in [-0.2, 0) is 13.0 Å². The highest BCUT2D eigenvalue weighted by atomic mass is 16.1. The molecule has 0 spiro atoms. The van der Waals surface area contributed by atoms with E-state index >= 15 is 0 Å². The van der Waals surface area contributed by atoms with Gasteiger partial charge in [-0.25, -0.2) is 0 Å². The maximum Gasteiger partial charge on any atom is 0.249 e. The van der Waals surface area contributed by atoms with Crippen molar-refractivity contribution in [1.29, 1.82) is 0 Å². The molecular formula is C24H24N2O. The summed E-state index contributed by atoms with van der Waals surface area (Å²) in [6.07, 6.45) is 0.976. The minimum absolute atomic E-state index is 0.384. The highest BCUT2D eigenvalue weighted by Gasteiger charge is 2.17. The average Bonchev–Trinajstić information content (AvgIpc) is 2.97. The van der Waals surface area contributed by atoms with Gasteiger partial charge in [0.2, 0.25) is 5.91 Å². The van der Waals surface area contributed by atoms with Gasteiger partial charge >= 0.3 is 0 Å². The maximum absolute atomic E-state index is 12.0. The third-order valence-electron chi connectivity index (χ3n) is 5.54. The Kier molecular flexibility index (Phi) is 4.23. The molecule has 3 nitrogen and oxygen atoms in total. The molecule has 1 aromatic heterocycles. The maximum atomic E-state index is 12.0. The molecule has 0 saturated heterocycles. The minimum Gasteiger partial charge on any atom is -0.366 e. The molecule has 1 heterocycles. The Labute approximate surface area is 159 Å². The van der Waals surface area contributed by atoms with Gasteiger partial charge in [0.05, 0.1) is 5.52 Å². The first kappa shape index (κ1) is 17.3. The molecule has 0 aliphatic rings. The zero-order valence-corrected chi connectivity index (χ0v) is 16.0. The largest absolute Gasteiger partial charge is 0.366 e. The Morgan fingerprint density at radius 3 is 2.41 bits per heavy atom. The Morgan fingerprint density at radius 1 is 0.926 bits per heavy atom. The molecule has 0 saturated carbocycles. The monoisotopic (exact) mass is 356 g/mol. The van der Waals surface area contributed by atoms with Crippen molar-refractivity contribution < 1.29 is 4.79 Å². The first-order valence-electron chi connectivity index (χ1n) is 9.39. The van der Waals surface area contributed by atoms with Crippen LogP contribution in [0, 0.1) is 13.8 Å². The number of amides is 1. The summed E-state index contributed by atoms with van der Waals surface area (Å²) < 4.78 is 2.31. The number of nitrogens with zero attached hydrogens (tertiary/aromatic N) is 1. The van der Waals surface area contributed by atoms with Crippen molar-refractivity contribution in [1.82, 2.24) is 4.57 Å². The highest BCUT2D eigenvalue weighted by Crippen LogP contribution is 2.33. The molecule has 4 rings (SSSR count). The van der Waals surface area contributed by atoms with E-state index in [4.69, 9.17) is 5.73 Å². The zero-order chi connectivity index (χ0) is 19.1. The second kappa shape index (κ2) is 6.58. The standard InChI is InChI=1S/C24H24N2O/c1-4-17-10-11-19-22(13-17)26(14-18-9-8-15(2)16(3)12-18)21-7-5-6-20(23(19)21)24(25)27/h5-13H,4,14H2,1-3H3,(H2,25,27). The van der Waals surface area contributed by atoms with Crippen molar-refractivity contribution in [2.75, 3.05) is 0 Å². The van der Waals surface area contributed by atoms with Crippen LogP contribution in [0.3, 0.4) is 0 Å². The van der Waals surface area contributed by atoms with Gasteiger partial charge in [0.1, 0.15) is 0 Å². The summed E-state index contributed by atoms with van der Waals surface area (Å²) in [6, 6.07) is 18.9. The van der Waals surface area contributed by atoms with Crippen LogP contribution in [-0.4, -0.2) is 10.5 Å². The molecule has 4 aromatic rings. The normalized spacial score (nSPS) is 11.4. The third-order valence-corrected chi connectivity index (χ3v) is 5.54. The molecule has 3 aromatic carbocycles. The van der Waals surface area contributed by atoms with Gasteiger partial charge in [0.25, 0.3) is 0 Å². The number of rotatable bonds is 4. The van der Waals surface area contributed by atoms with Crippen LogP contribution in [0.2, 0.25) is 0 Å². The summed E-state index contributed by atoms with van der Waals surface area (Å²) >= 11 is 0. The van der Waals surface area contributed by atoms with Gasteiger partial charge in [0, 0.05) is 28.4 Å². The fourth-order valence-electron chi connectivity index (χ4n) is 3.87. The van der Waals surface area contributed by atoms with E-state index in [-0.39, 0.29) is 5.91 Å². The lowest BCUT2D eigenvalue weighted by molar-refractivity contribution is 0.100. The molecule has 1 amide bonds. The van der Waals surface area contributed by atoms with Crippen LogP contribution >= 0.6 is 0 Å². The van der Waals surface area contributed by atoms with Crippen molar-refractivity contribution in [3.05, 3.63) is 82.4 Å². The number of carbonyl (C=O) groups excluding carboxylic acids is 1. The molecule has 27 heavy (non-hydrogen) atoms. The van der Waals surface area contributed by atoms with E-state index in [2.05, 4.69) is 67.8 Å². The highest BCUT2D eigenvalue weighted by molar-refractivity contribution is 6.17. The summed E-state index contributed by atoms with van der Waals surface area (Å²) in [7, 11) is 0. The van der Waals surface area contributed by atoms with Crippen molar-refractivity contribution in [2.45, 2.75) is 33.7 Å². The molecule has 0 bridgehead atoms. The van der Waals surface area contributed by atoms with E-state index < -0.39 is 0 Å². The molecule has 0 aliphatic carbocycles. The van der Waals surface area contributed by atoms with E-state index in [1.54, 1.807) is 0 Å². The number of hydrogen-bond donors (Lipinski definition) is 1. The molecule has 136 valence electrons. The lowest BCUT2D eigenvalue weighted by Crippen LogP contribution is -2.11. The van der Waals surface area contributed by atoms with Crippen LogP contribution in [0.5, 0.6) is 0 Å². The number of hydrogen-bond acceptors (Lipinski definition) is 1. The quantitative estimate of drug-likeness (QED) is 0.542. The number of fused-ring (bicyclic) bond motifs is 3. The van der Waals surface area contributed by atoms with Crippen LogP contribution in [0.25, 0.3) is 21.8 Å². The van der Waals surface area contributed by atoms with Crippen LogP contribution in [0.1, 0.15) is 39.5 Å². The Hall–Kier alpha value is -3.07. The van der Waals surface area contributed by atoms with Crippen molar-refractivity contribution in [2.24, 2.45) is 5.73 Å². The predicted octanol–water partition coefficient (Wildman–Crippen LogP) is 5.12. The van der Waals surface area contributed by atoms with Crippen LogP contribution in [0.15, 0.2) is 54.6 Å². The van der Waals surface area contributed by atoms with Gasteiger partial charge in [-0.15, -0.1) is 0 Å².